The van der Waals surface area contributed by atoms with Crippen molar-refractivity contribution in [2.75, 3.05) is 30.6 Å². The first-order valence-corrected chi connectivity index (χ1v) is 8.47. The maximum Gasteiger partial charge on any atom is 0.250 e. The van der Waals surface area contributed by atoms with Gasteiger partial charge >= 0.3 is 0 Å². The van der Waals surface area contributed by atoms with Crippen molar-refractivity contribution in [2.45, 2.75) is 25.4 Å². The van der Waals surface area contributed by atoms with Gasteiger partial charge in [0.25, 0.3) is 0 Å². The minimum atomic E-state index is -0.122. The Labute approximate surface area is 147 Å². The second-order valence-electron chi connectivity index (χ2n) is 6.26. The average molecular weight is 339 g/mol. The van der Waals surface area contributed by atoms with E-state index < -0.39 is 0 Å². The zero-order chi connectivity index (χ0) is 17.4. The Morgan fingerprint density at radius 2 is 1.92 bits per heavy atom. The lowest BCUT2D eigenvalue weighted by Gasteiger charge is -2.38. The molecule has 2 aliphatic rings. The van der Waals surface area contributed by atoms with Gasteiger partial charge in [0.05, 0.1) is 32.0 Å². The molecule has 6 nitrogen and oxygen atoms in total. The minimum absolute atomic E-state index is 0.117. The fraction of sp³-hybridized carbons (Fsp3) is 0.368. The summed E-state index contributed by atoms with van der Waals surface area (Å²) in [7, 11) is 3.26. The number of benzene rings is 1. The highest BCUT2D eigenvalue weighted by molar-refractivity contribution is 6.05. The molecule has 0 spiro atoms. The number of methoxy groups -OCH3 is 2. The smallest absolute Gasteiger partial charge is 0.250 e. The lowest BCUT2D eigenvalue weighted by atomic mass is 10.1. The van der Waals surface area contributed by atoms with Crippen molar-refractivity contribution in [2.24, 2.45) is 0 Å². The van der Waals surface area contributed by atoms with E-state index in [0.29, 0.717) is 18.0 Å². The van der Waals surface area contributed by atoms with Crippen LogP contribution in [0.2, 0.25) is 0 Å². The van der Waals surface area contributed by atoms with E-state index in [-0.39, 0.29) is 11.9 Å². The Morgan fingerprint density at radius 3 is 2.64 bits per heavy atom. The molecule has 25 heavy (non-hydrogen) atoms. The average Bonchev–Trinajstić information content (AvgIpc) is 3.15. The summed E-state index contributed by atoms with van der Waals surface area (Å²) in [5.41, 5.74) is 1.71. The Hall–Kier alpha value is -2.76. The fourth-order valence-electron chi connectivity index (χ4n) is 3.80. The number of carbonyl (C=O) groups is 1. The van der Waals surface area contributed by atoms with Gasteiger partial charge in [-0.1, -0.05) is 6.07 Å². The molecule has 1 aromatic carbocycles. The fourth-order valence-corrected chi connectivity index (χ4v) is 3.80. The number of rotatable bonds is 4. The largest absolute Gasteiger partial charge is 0.496 e. The van der Waals surface area contributed by atoms with Crippen LogP contribution in [0.1, 0.15) is 18.4 Å². The normalized spacial score (nSPS) is 18.8. The third-order valence-electron chi connectivity index (χ3n) is 4.98. The summed E-state index contributed by atoms with van der Waals surface area (Å²) in [5, 5.41) is 0. The van der Waals surface area contributed by atoms with Gasteiger partial charge in [-0.15, -0.1) is 0 Å². The molecule has 4 rings (SSSR count). The van der Waals surface area contributed by atoms with Gasteiger partial charge in [-0.2, -0.15) is 0 Å². The van der Waals surface area contributed by atoms with Gasteiger partial charge in [0.2, 0.25) is 5.91 Å². The van der Waals surface area contributed by atoms with Crippen LogP contribution in [0.5, 0.6) is 11.5 Å². The molecule has 0 radical (unpaired) electrons. The van der Waals surface area contributed by atoms with Crippen molar-refractivity contribution < 1.29 is 14.3 Å². The predicted octanol–water partition coefficient (Wildman–Crippen LogP) is 2.61. The molecule has 0 aliphatic carbocycles. The molecule has 130 valence electrons. The first-order chi connectivity index (χ1) is 12.2. The third kappa shape index (κ3) is 2.49. The van der Waals surface area contributed by atoms with E-state index in [1.807, 2.05) is 35.2 Å². The molecule has 1 aromatic heterocycles. The quantitative estimate of drug-likeness (QED) is 0.857. The summed E-state index contributed by atoms with van der Waals surface area (Å²) in [5.74, 6) is 2.43. The summed E-state index contributed by atoms with van der Waals surface area (Å²) in [6.45, 7) is 1.28. The molecule has 0 saturated carbocycles. The topological polar surface area (TPSA) is 54.9 Å². The van der Waals surface area contributed by atoms with Gasteiger partial charge in [-0.3, -0.25) is 4.79 Å². The highest BCUT2D eigenvalue weighted by Crippen LogP contribution is 2.40. The zero-order valence-corrected chi connectivity index (χ0v) is 14.4. The van der Waals surface area contributed by atoms with Gasteiger partial charge < -0.3 is 19.3 Å². The molecular formula is C19H21N3O3. The van der Waals surface area contributed by atoms with Crippen LogP contribution in [-0.4, -0.2) is 37.7 Å². The van der Waals surface area contributed by atoms with E-state index in [9.17, 15) is 4.79 Å². The number of pyridine rings is 1. The van der Waals surface area contributed by atoms with Crippen LogP contribution in [0.4, 0.5) is 11.5 Å². The number of aromatic nitrogens is 1. The zero-order valence-electron chi connectivity index (χ0n) is 14.4. The van der Waals surface area contributed by atoms with Crippen LogP contribution >= 0.6 is 0 Å². The van der Waals surface area contributed by atoms with E-state index in [1.165, 1.54) is 0 Å². The number of nitrogens with zero attached hydrogens (tertiary/aromatic N) is 3. The summed E-state index contributed by atoms with van der Waals surface area (Å²) in [4.78, 5) is 21.6. The van der Waals surface area contributed by atoms with Crippen LogP contribution in [0, 0.1) is 0 Å². The number of amides is 1. The number of hydrogen-bond acceptors (Lipinski definition) is 5. The molecule has 0 bridgehead atoms. The number of fused-ring (bicyclic) bond motifs is 3. The third-order valence-corrected chi connectivity index (χ3v) is 4.98. The van der Waals surface area contributed by atoms with Crippen molar-refractivity contribution in [3.05, 3.63) is 42.1 Å². The van der Waals surface area contributed by atoms with Crippen LogP contribution < -0.4 is 19.3 Å². The van der Waals surface area contributed by atoms with E-state index in [0.717, 1.165) is 36.5 Å². The van der Waals surface area contributed by atoms with Crippen molar-refractivity contribution in [1.82, 2.24) is 4.98 Å². The molecule has 1 fully saturated rings. The number of anilines is 2. The van der Waals surface area contributed by atoms with Crippen LogP contribution in [0.15, 0.2) is 36.5 Å². The van der Waals surface area contributed by atoms with Gasteiger partial charge in [0.15, 0.2) is 5.82 Å². The monoisotopic (exact) mass is 339 g/mol. The van der Waals surface area contributed by atoms with E-state index >= 15 is 0 Å². The molecule has 1 unspecified atom stereocenters. The first kappa shape index (κ1) is 15.7. The van der Waals surface area contributed by atoms with Gasteiger partial charge in [0, 0.05) is 12.7 Å². The van der Waals surface area contributed by atoms with Crippen molar-refractivity contribution in [1.29, 1.82) is 0 Å². The molecule has 2 aliphatic heterocycles. The van der Waals surface area contributed by atoms with Crippen LogP contribution in [0.3, 0.4) is 0 Å². The summed E-state index contributed by atoms with van der Waals surface area (Å²) in [6.07, 6.45) is 3.67. The molecular weight excluding hydrogens is 318 g/mol. The van der Waals surface area contributed by atoms with E-state index in [1.54, 1.807) is 20.4 Å². The van der Waals surface area contributed by atoms with Crippen LogP contribution in [0.25, 0.3) is 0 Å². The van der Waals surface area contributed by atoms with Crippen molar-refractivity contribution in [3.8, 4) is 11.5 Å². The Balaban J connectivity index is 1.78. The molecule has 1 amide bonds. The SMILES string of the molecule is COc1cccc(OC)c1CN1C(=O)C2CCCN2c2ncccc21. The van der Waals surface area contributed by atoms with Gasteiger partial charge in [0.1, 0.15) is 17.5 Å². The Kier molecular flexibility index (Phi) is 3.95. The van der Waals surface area contributed by atoms with E-state index in [2.05, 4.69) is 9.88 Å². The molecule has 0 N–H and O–H groups in total. The summed E-state index contributed by atoms with van der Waals surface area (Å²) in [6, 6.07) is 9.36. The van der Waals surface area contributed by atoms with Gasteiger partial charge in [-0.25, -0.2) is 4.98 Å². The minimum Gasteiger partial charge on any atom is -0.496 e. The second-order valence-corrected chi connectivity index (χ2v) is 6.26. The van der Waals surface area contributed by atoms with Crippen molar-refractivity contribution >= 4 is 17.4 Å². The van der Waals surface area contributed by atoms with Crippen LogP contribution in [-0.2, 0) is 11.3 Å². The summed E-state index contributed by atoms with van der Waals surface area (Å²) < 4.78 is 11.0. The summed E-state index contributed by atoms with van der Waals surface area (Å²) >= 11 is 0. The lowest BCUT2D eigenvalue weighted by molar-refractivity contribution is -0.120. The standard InChI is InChI=1S/C19H21N3O3/c1-24-16-8-3-9-17(25-2)13(16)12-22-14-6-4-10-20-18(14)21-11-5-7-15(21)19(22)23/h3-4,6,8-10,15H,5,7,11-12H2,1-2H3. The highest BCUT2D eigenvalue weighted by atomic mass is 16.5. The maximum atomic E-state index is 13.1. The number of ether oxygens (including phenoxy) is 2. The number of carbonyl (C=O) groups excluding carboxylic acids is 1. The highest BCUT2D eigenvalue weighted by Gasteiger charge is 2.41. The molecule has 6 heteroatoms. The molecule has 3 heterocycles. The molecule has 1 saturated heterocycles. The van der Waals surface area contributed by atoms with E-state index in [4.69, 9.17) is 9.47 Å². The van der Waals surface area contributed by atoms with Gasteiger partial charge in [-0.05, 0) is 37.1 Å². The maximum absolute atomic E-state index is 13.1. The molecule has 2 aromatic rings. The first-order valence-electron chi connectivity index (χ1n) is 8.47. The second kappa shape index (κ2) is 6.27. The Bertz CT molecular complexity index is 786. The van der Waals surface area contributed by atoms with Crippen molar-refractivity contribution in [3.63, 3.8) is 0 Å². The number of hydrogen-bond donors (Lipinski definition) is 0. The molecule has 1 atom stereocenters. The Morgan fingerprint density at radius 1 is 1.16 bits per heavy atom. The predicted molar refractivity (Wildman–Crippen MR) is 95.3 cm³/mol. The lowest BCUT2D eigenvalue weighted by Crippen LogP contribution is -2.50.